The molecule has 1 heterocycles. The van der Waals surface area contributed by atoms with Crippen molar-refractivity contribution in [2.45, 2.75) is 6.54 Å². The molecule has 0 aromatic heterocycles. The Labute approximate surface area is 89.9 Å². The van der Waals surface area contributed by atoms with Crippen molar-refractivity contribution in [1.82, 2.24) is 4.90 Å². The van der Waals surface area contributed by atoms with E-state index in [0.29, 0.717) is 0 Å². The van der Waals surface area contributed by atoms with Crippen molar-refractivity contribution in [3.63, 3.8) is 0 Å². The standard InChI is InChI=1S/C12H15NO2/c1-13-7-6-9-4-5-11(14-2)12(15-3)10(9)8-13/h4-7H,8H2,1-3H3. The van der Waals surface area contributed by atoms with Gasteiger partial charge in [0, 0.05) is 19.2 Å². The maximum atomic E-state index is 5.40. The first-order valence-electron chi connectivity index (χ1n) is 4.88. The Morgan fingerprint density at radius 3 is 2.67 bits per heavy atom. The average molecular weight is 205 g/mol. The summed E-state index contributed by atoms with van der Waals surface area (Å²) in [5.41, 5.74) is 2.38. The Morgan fingerprint density at radius 1 is 1.20 bits per heavy atom. The minimum Gasteiger partial charge on any atom is -0.493 e. The van der Waals surface area contributed by atoms with Crippen molar-refractivity contribution >= 4 is 6.08 Å². The van der Waals surface area contributed by atoms with Crippen LogP contribution in [0.15, 0.2) is 18.3 Å². The van der Waals surface area contributed by atoms with Crippen LogP contribution in [0.25, 0.3) is 6.08 Å². The van der Waals surface area contributed by atoms with Crippen LogP contribution in [0.1, 0.15) is 11.1 Å². The van der Waals surface area contributed by atoms with Gasteiger partial charge in [0.05, 0.1) is 14.2 Å². The van der Waals surface area contributed by atoms with Crippen LogP contribution in [0.3, 0.4) is 0 Å². The van der Waals surface area contributed by atoms with Gasteiger partial charge in [0.1, 0.15) is 0 Å². The predicted molar refractivity (Wildman–Crippen MR) is 60.0 cm³/mol. The van der Waals surface area contributed by atoms with Gasteiger partial charge in [0.2, 0.25) is 0 Å². The van der Waals surface area contributed by atoms with E-state index in [0.717, 1.165) is 18.0 Å². The first-order chi connectivity index (χ1) is 7.26. The van der Waals surface area contributed by atoms with E-state index in [9.17, 15) is 0 Å². The first kappa shape index (κ1) is 9.90. The summed E-state index contributed by atoms with van der Waals surface area (Å²) in [6, 6.07) is 3.99. The zero-order chi connectivity index (χ0) is 10.8. The third-order valence-corrected chi connectivity index (χ3v) is 2.60. The molecular weight excluding hydrogens is 190 g/mol. The average Bonchev–Trinajstić information content (AvgIpc) is 2.27. The molecule has 0 spiro atoms. The van der Waals surface area contributed by atoms with E-state index in [1.165, 1.54) is 11.1 Å². The lowest BCUT2D eigenvalue weighted by Crippen LogP contribution is -2.15. The van der Waals surface area contributed by atoms with Crippen LogP contribution >= 0.6 is 0 Å². The highest BCUT2D eigenvalue weighted by Crippen LogP contribution is 2.36. The van der Waals surface area contributed by atoms with Crippen molar-refractivity contribution < 1.29 is 9.47 Å². The molecule has 0 bridgehead atoms. The van der Waals surface area contributed by atoms with Crippen LogP contribution in [-0.4, -0.2) is 26.2 Å². The minimum atomic E-state index is 0.792. The van der Waals surface area contributed by atoms with Gasteiger partial charge in [-0.2, -0.15) is 0 Å². The highest BCUT2D eigenvalue weighted by atomic mass is 16.5. The van der Waals surface area contributed by atoms with Crippen LogP contribution in [0.2, 0.25) is 0 Å². The van der Waals surface area contributed by atoms with Crippen molar-refractivity contribution in [2.75, 3.05) is 21.3 Å². The SMILES string of the molecule is COc1ccc2c(c1OC)CN(C)C=C2. The van der Waals surface area contributed by atoms with Gasteiger partial charge in [-0.25, -0.2) is 0 Å². The fourth-order valence-corrected chi connectivity index (χ4v) is 1.83. The number of hydrogen-bond acceptors (Lipinski definition) is 3. The smallest absolute Gasteiger partial charge is 0.166 e. The molecule has 0 saturated carbocycles. The molecule has 0 radical (unpaired) electrons. The monoisotopic (exact) mass is 205 g/mol. The van der Waals surface area contributed by atoms with Crippen LogP contribution in [0.5, 0.6) is 11.5 Å². The highest BCUT2D eigenvalue weighted by molar-refractivity contribution is 5.63. The third-order valence-electron chi connectivity index (χ3n) is 2.60. The number of methoxy groups -OCH3 is 2. The lowest BCUT2D eigenvalue weighted by Gasteiger charge is -2.23. The van der Waals surface area contributed by atoms with Gasteiger partial charge in [-0.1, -0.05) is 6.07 Å². The van der Waals surface area contributed by atoms with Gasteiger partial charge in [0.25, 0.3) is 0 Å². The molecule has 2 rings (SSSR count). The third kappa shape index (κ3) is 1.65. The molecule has 0 unspecified atom stereocenters. The quantitative estimate of drug-likeness (QED) is 0.738. The number of fused-ring (bicyclic) bond motifs is 1. The molecule has 1 aliphatic heterocycles. The predicted octanol–water partition coefficient (Wildman–Crippen LogP) is 2.12. The van der Waals surface area contributed by atoms with Gasteiger partial charge in [-0.15, -0.1) is 0 Å². The number of ether oxygens (including phenoxy) is 2. The van der Waals surface area contributed by atoms with Crippen molar-refractivity contribution in [2.24, 2.45) is 0 Å². The van der Waals surface area contributed by atoms with Gasteiger partial charge < -0.3 is 14.4 Å². The van der Waals surface area contributed by atoms with Crippen molar-refractivity contribution in [3.05, 3.63) is 29.5 Å². The summed E-state index contributed by atoms with van der Waals surface area (Å²) in [5, 5.41) is 0. The summed E-state index contributed by atoms with van der Waals surface area (Å²) < 4.78 is 10.7. The molecule has 15 heavy (non-hydrogen) atoms. The Morgan fingerprint density at radius 2 is 2.00 bits per heavy atom. The molecule has 1 aromatic carbocycles. The molecule has 3 heteroatoms. The van der Waals surface area contributed by atoms with E-state index in [1.807, 2.05) is 13.1 Å². The normalized spacial score (nSPS) is 13.7. The minimum absolute atomic E-state index is 0.792. The van der Waals surface area contributed by atoms with E-state index in [2.05, 4.69) is 23.2 Å². The topological polar surface area (TPSA) is 21.7 Å². The fraction of sp³-hybridized carbons (Fsp3) is 0.333. The van der Waals surface area contributed by atoms with E-state index < -0.39 is 0 Å². The Kier molecular flexibility index (Phi) is 2.54. The second-order valence-electron chi connectivity index (χ2n) is 3.60. The maximum Gasteiger partial charge on any atom is 0.166 e. The molecule has 1 aliphatic rings. The fourth-order valence-electron chi connectivity index (χ4n) is 1.83. The largest absolute Gasteiger partial charge is 0.493 e. The molecule has 0 aliphatic carbocycles. The molecule has 3 nitrogen and oxygen atoms in total. The van der Waals surface area contributed by atoms with Gasteiger partial charge in [-0.3, -0.25) is 0 Å². The van der Waals surface area contributed by atoms with Crippen molar-refractivity contribution in [3.8, 4) is 11.5 Å². The molecule has 0 amide bonds. The van der Waals surface area contributed by atoms with Gasteiger partial charge in [0.15, 0.2) is 11.5 Å². The Hall–Kier alpha value is -1.64. The lowest BCUT2D eigenvalue weighted by atomic mass is 10.0. The van der Waals surface area contributed by atoms with Crippen LogP contribution < -0.4 is 9.47 Å². The number of rotatable bonds is 2. The van der Waals surface area contributed by atoms with E-state index in [4.69, 9.17) is 9.47 Å². The zero-order valence-electron chi connectivity index (χ0n) is 9.28. The second-order valence-corrected chi connectivity index (χ2v) is 3.60. The maximum absolute atomic E-state index is 5.40. The van der Waals surface area contributed by atoms with E-state index in [1.54, 1.807) is 14.2 Å². The Balaban J connectivity index is 2.54. The Bertz CT molecular complexity index is 399. The first-order valence-corrected chi connectivity index (χ1v) is 4.88. The zero-order valence-corrected chi connectivity index (χ0v) is 9.28. The van der Waals surface area contributed by atoms with Gasteiger partial charge in [-0.05, 0) is 23.9 Å². The molecule has 80 valence electrons. The van der Waals surface area contributed by atoms with Crippen LogP contribution in [0.4, 0.5) is 0 Å². The molecular formula is C12H15NO2. The van der Waals surface area contributed by atoms with Crippen LogP contribution in [-0.2, 0) is 6.54 Å². The molecule has 0 N–H and O–H groups in total. The second kappa shape index (κ2) is 3.85. The highest BCUT2D eigenvalue weighted by Gasteiger charge is 2.16. The summed E-state index contributed by atoms with van der Waals surface area (Å²) in [5.74, 6) is 1.63. The summed E-state index contributed by atoms with van der Waals surface area (Å²) in [4.78, 5) is 2.12. The van der Waals surface area contributed by atoms with Crippen molar-refractivity contribution in [1.29, 1.82) is 0 Å². The van der Waals surface area contributed by atoms with Gasteiger partial charge >= 0.3 is 0 Å². The molecule has 0 saturated heterocycles. The summed E-state index contributed by atoms with van der Waals surface area (Å²) in [7, 11) is 5.38. The lowest BCUT2D eigenvalue weighted by molar-refractivity contribution is 0.343. The number of benzene rings is 1. The summed E-state index contributed by atoms with van der Waals surface area (Å²) >= 11 is 0. The number of nitrogens with zero attached hydrogens (tertiary/aromatic N) is 1. The van der Waals surface area contributed by atoms with Crippen LogP contribution in [0, 0.1) is 0 Å². The summed E-state index contributed by atoms with van der Waals surface area (Å²) in [6.07, 6.45) is 4.15. The number of hydrogen-bond donors (Lipinski definition) is 0. The molecule has 0 fully saturated rings. The molecule has 1 aromatic rings. The van der Waals surface area contributed by atoms with E-state index >= 15 is 0 Å². The molecule has 0 atom stereocenters. The van der Waals surface area contributed by atoms with E-state index in [-0.39, 0.29) is 0 Å². The summed E-state index contributed by atoms with van der Waals surface area (Å²) in [6.45, 7) is 0.853.